The van der Waals surface area contributed by atoms with E-state index in [1.54, 1.807) is 24.0 Å². The van der Waals surface area contributed by atoms with Crippen molar-refractivity contribution in [3.05, 3.63) is 64.7 Å². The Morgan fingerprint density at radius 3 is 2.56 bits per heavy atom. The second-order valence-corrected chi connectivity index (χ2v) is 11.0. The summed E-state index contributed by atoms with van der Waals surface area (Å²) >= 11 is 0. The van der Waals surface area contributed by atoms with Gasteiger partial charge in [-0.3, -0.25) is 14.4 Å². The molecule has 3 N–H and O–H groups in total. The molecule has 3 atom stereocenters. The van der Waals surface area contributed by atoms with Crippen molar-refractivity contribution in [1.82, 2.24) is 15.5 Å². The molecule has 36 heavy (non-hydrogen) atoms. The van der Waals surface area contributed by atoms with E-state index in [1.807, 2.05) is 39.0 Å². The van der Waals surface area contributed by atoms with Crippen LogP contribution in [0.25, 0.3) is 0 Å². The lowest BCUT2D eigenvalue weighted by Gasteiger charge is -2.41. The number of hydrogen-bond acceptors (Lipinski definition) is 4. The lowest BCUT2D eigenvalue weighted by molar-refractivity contribution is -0.147. The first-order valence-corrected chi connectivity index (χ1v) is 12.9. The lowest BCUT2D eigenvalue weighted by atomic mass is 9.83. The molecule has 1 aliphatic heterocycles. The second kappa shape index (κ2) is 10.3. The molecule has 0 spiro atoms. The quantitative estimate of drug-likeness (QED) is 0.593. The molecular weight excluding hydrogens is 454 g/mol. The average molecular weight is 492 g/mol. The van der Waals surface area contributed by atoms with Crippen LogP contribution in [0, 0.1) is 5.41 Å². The standard InChI is InChI=1S/C29H37N3O4/c1-5-25(34)31-26(29(2,3)4)28(36)32-17-20-15-21(33)14-13-19(20)16-24(32)27(35)30-23-12-8-10-18-9-6-7-11-22(18)23/h6-7,9,11,13-15,23-24,26,33H,5,8,10,12,16-17H2,1-4H3,(H,30,35)(H,31,34)/t23-,24+,26-/m1/s1. The van der Waals surface area contributed by atoms with Crippen LogP contribution in [0.15, 0.2) is 42.5 Å². The van der Waals surface area contributed by atoms with Gasteiger partial charge in [0, 0.05) is 19.4 Å². The molecule has 2 aromatic rings. The van der Waals surface area contributed by atoms with Gasteiger partial charge >= 0.3 is 0 Å². The number of aromatic hydroxyl groups is 1. The van der Waals surface area contributed by atoms with Crippen LogP contribution in [0.4, 0.5) is 0 Å². The van der Waals surface area contributed by atoms with Gasteiger partial charge in [-0.2, -0.15) is 0 Å². The summed E-state index contributed by atoms with van der Waals surface area (Å²) in [5.74, 6) is -0.576. The topological polar surface area (TPSA) is 98.7 Å². The van der Waals surface area contributed by atoms with Crippen LogP contribution in [-0.4, -0.2) is 39.8 Å². The summed E-state index contributed by atoms with van der Waals surface area (Å²) in [7, 11) is 0. The fraction of sp³-hybridized carbons (Fsp3) is 0.483. The number of amides is 3. The van der Waals surface area contributed by atoms with E-state index < -0.39 is 17.5 Å². The normalized spacial score (nSPS) is 20.1. The summed E-state index contributed by atoms with van der Waals surface area (Å²) < 4.78 is 0. The molecule has 7 heteroatoms. The zero-order valence-electron chi connectivity index (χ0n) is 21.6. The fourth-order valence-corrected chi connectivity index (χ4v) is 5.29. The highest BCUT2D eigenvalue weighted by Crippen LogP contribution is 2.32. The van der Waals surface area contributed by atoms with Crippen molar-refractivity contribution in [2.75, 3.05) is 0 Å². The van der Waals surface area contributed by atoms with Gasteiger partial charge in [0.05, 0.1) is 6.04 Å². The van der Waals surface area contributed by atoms with Gasteiger partial charge in [-0.15, -0.1) is 0 Å². The molecule has 2 aliphatic rings. The van der Waals surface area contributed by atoms with Crippen molar-refractivity contribution in [1.29, 1.82) is 0 Å². The maximum Gasteiger partial charge on any atom is 0.246 e. The Hall–Kier alpha value is -3.35. The van der Waals surface area contributed by atoms with Crippen LogP contribution in [0.3, 0.4) is 0 Å². The number of phenolic OH excluding ortho intramolecular Hbond substituents is 1. The van der Waals surface area contributed by atoms with E-state index in [9.17, 15) is 19.5 Å². The third kappa shape index (κ3) is 5.40. The maximum atomic E-state index is 14.0. The molecule has 0 fully saturated rings. The van der Waals surface area contributed by atoms with Crippen molar-refractivity contribution in [2.45, 2.75) is 84.5 Å². The van der Waals surface area contributed by atoms with Gasteiger partial charge in [0.15, 0.2) is 0 Å². The highest BCUT2D eigenvalue weighted by molar-refractivity contribution is 5.93. The zero-order chi connectivity index (χ0) is 26.0. The van der Waals surface area contributed by atoms with E-state index in [-0.39, 0.29) is 42.5 Å². The predicted octanol–water partition coefficient (Wildman–Crippen LogP) is 3.78. The third-order valence-electron chi connectivity index (χ3n) is 7.33. The molecule has 1 heterocycles. The van der Waals surface area contributed by atoms with E-state index in [4.69, 9.17) is 0 Å². The smallest absolute Gasteiger partial charge is 0.246 e. The minimum Gasteiger partial charge on any atom is -0.508 e. The molecule has 192 valence electrons. The maximum absolute atomic E-state index is 14.0. The molecule has 1 aliphatic carbocycles. The first-order valence-electron chi connectivity index (χ1n) is 12.9. The number of carbonyl (C=O) groups is 3. The minimum absolute atomic E-state index is 0.0983. The molecule has 0 saturated carbocycles. The number of nitrogens with zero attached hydrogens (tertiary/aromatic N) is 1. The number of hydrogen-bond donors (Lipinski definition) is 3. The molecule has 2 aromatic carbocycles. The van der Waals surface area contributed by atoms with Crippen molar-refractivity contribution in [2.24, 2.45) is 5.41 Å². The molecule has 3 amide bonds. The van der Waals surface area contributed by atoms with Crippen LogP contribution >= 0.6 is 0 Å². The second-order valence-electron chi connectivity index (χ2n) is 11.0. The number of benzene rings is 2. The van der Waals surface area contributed by atoms with E-state index in [0.717, 1.165) is 36.0 Å². The van der Waals surface area contributed by atoms with E-state index in [0.29, 0.717) is 6.42 Å². The summed E-state index contributed by atoms with van der Waals surface area (Å²) in [4.78, 5) is 41.6. The Morgan fingerprint density at radius 1 is 1.08 bits per heavy atom. The third-order valence-corrected chi connectivity index (χ3v) is 7.33. The first kappa shape index (κ1) is 25.7. The Labute approximate surface area is 213 Å². The van der Waals surface area contributed by atoms with Crippen LogP contribution in [0.5, 0.6) is 5.75 Å². The number of carbonyl (C=O) groups excluding carboxylic acids is 3. The number of phenols is 1. The molecule has 0 bridgehead atoms. The first-order chi connectivity index (χ1) is 17.1. The van der Waals surface area contributed by atoms with Crippen LogP contribution in [-0.2, 0) is 33.8 Å². The zero-order valence-corrected chi connectivity index (χ0v) is 21.6. The summed E-state index contributed by atoms with van der Waals surface area (Å²) in [6.07, 6.45) is 3.46. The molecule has 7 nitrogen and oxygen atoms in total. The van der Waals surface area contributed by atoms with Crippen molar-refractivity contribution >= 4 is 17.7 Å². The van der Waals surface area contributed by atoms with Gasteiger partial charge in [0.2, 0.25) is 17.7 Å². The molecule has 0 unspecified atom stereocenters. The Kier molecular flexibility index (Phi) is 7.38. The van der Waals surface area contributed by atoms with E-state index in [1.165, 1.54) is 5.56 Å². The number of nitrogens with one attached hydrogen (secondary N) is 2. The van der Waals surface area contributed by atoms with Gasteiger partial charge in [0.25, 0.3) is 0 Å². The van der Waals surface area contributed by atoms with Gasteiger partial charge < -0.3 is 20.6 Å². The van der Waals surface area contributed by atoms with Crippen LogP contribution in [0.1, 0.15) is 75.3 Å². The summed E-state index contributed by atoms with van der Waals surface area (Å²) in [5.41, 5.74) is 3.58. The van der Waals surface area contributed by atoms with Crippen LogP contribution < -0.4 is 10.6 Å². The summed E-state index contributed by atoms with van der Waals surface area (Å²) in [6.45, 7) is 7.66. The summed E-state index contributed by atoms with van der Waals surface area (Å²) in [5, 5.41) is 16.2. The monoisotopic (exact) mass is 491 g/mol. The molecular formula is C29H37N3O4. The van der Waals surface area contributed by atoms with E-state index >= 15 is 0 Å². The highest BCUT2D eigenvalue weighted by atomic mass is 16.3. The van der Waals surface area contributed by atoms with Gasteiger partial charge in [-0.25, -0.2) is 0 Å². The molecule has 0 saturated heterocycles. The van der Waals surface area contributed by atoms with Crippen molar-refractivity contribution < 1.29 is 19.5 Å². The predicted molar refractivity (Wildman–Crippen MR) is 138 cm³/mol. The number of rotatable bonds is 5. The SMILES string of the molecule is CCC(=O)N[C@H](C(=O)N1Cc2cc(O)ccc2C[C@H]1C(=O)N[C@@H]1CCCc2ccccc21)C(C)(C)C. The molecule has 0 radical (unpaired) electrons. The Morgan fingerprint density at radius 2 is 1.83 bits per heavy atom. The molecule has 0 aromatic heterocycles. The Bertz CT molecular complexity index is 1150. The summed E-state index contributed by atoms with van der Waals surface area (Å²) in [6, 6.07) is 11.7. The Balaban J connectivity index is 1.65. The lowest BCUT2D eigenvalue weighted by Crippen LogP contribution is -2.60. The average Bonchev–Trinajstić information content (AvgIpc) is 2.85. The van der Waals surface area contributed by atoms with Crippen molar-refractivity contribution in [3.8, 4) is 5.75 Å². The van der Waals surface area contributed by atoms with E-state index in [2.05, 4.69) is 22.8 Å². The minimum atomic E-state index is -0.783. The van der Waals surface area contributed by atoms with Gasteiger partial charge in [-0.05, 0) is 59.1 Å². The number of aryl methyl sites for hydroxylation is 1. The van der Waals surface area contributed by atoms with Crippen molar-refractivity contribution in [3.63, 3.8) is 0 Å². The van der Waals surface area contributed by atoms with Gasteiger partial charge in [-0.1, -0.05) is 58.0 Å². The largest absolute Gasteiger partial charge is 0.508 e. The van der Waals surface area contributed by atoms with Crippen LogP contribution in [0.2, 0.25) is 0 Å². The van der Waals surface area contributed by atoms with Gasteiger partial charge in [0.1, 0.15) is 17.8 Å². The number of fused-ring (bicyclic) bond motifs is 2. The fourth-order valence-electron chi connectivity index (χ4n) is 5.29. The molecule has 4 rings (SSSR count). The highest BCUT2D eigenvalue weighted by Gasteiger charge is 2.42.